The second kappa shape index (κ2) is 3.49. The Bertz CT molecular complexity index is 279. The number of sulfonamides is 1. The molecule has 0 fully saturated rings. The molecule has 0 aliphatic heterocycles. The number of nitrogens with one attached hydrogen (secondary N) is 1. The van der Waals surface area contributed by atoms with E-state index >= 15 is 0 Å². The molecule has 10 heavy (non-hydrogen) atoms. The fraction of sp³-hybridized carbons (Fsp3) is 0. The first kappa shape index (κ1) is 10.1. The minimum atomic E-state index is -3.60. The van der Waals surface area contributed by atoms with E-state index in [1.807, 2.05) is 0 Å². The molecule has 3 N–H and O–H groups in total. The van der Waals surface area contributed by atoms with Crippen molar-refractivity contribution in [3.05, 3.63) is 12.3 Å². The van der Waals surface area contributed by atoms with Crippen LogP contribution in [0.25, 0.3) is 0 Å². The van der Waals surface area contributed by atoms with Gasteiger partial charge in [-0.05, 0) is 6.07 Å². The summed E-state index contributed by atoms with van der Waals surface area (Å²) in [5.41, 5.74) is 0. The van der Waals surface area contributed by atoms with Crippen molar-refractivity contribution in [2.45, 2.75) is 5.03 Å². The van der Waals surface area contributed by atoms with Crippen molar-refractivity contribution in [2.75, 3.05) is 0 Å². The number of aromatic amines is 1. The molecule has 1 rings (SSSR count). The second-order valence-electron chi connectivity index (χ2n) is 1.46. The quantitative estimate of drug-likeness (QED) is 0.499. The van der Waals surface area contributed by atoms with Gasteiger partial charge in [0.1, 0.15) is 0 Å². The van der Waals surface area contributed by atoms with E-state index in [2.05, 4.69) is 10.2 Å². The van der Waals surface area contributed by atoms with Crippen LogP contribution in [0.15, 0.2) is 17.3 Å². The molecule has 0 aliphatic rings. The van der Waals surface area contributed by atoms with Gasteiger partial charge in [0, 0.05) is 6.20 Å². The molecule has 0 unspecified atom stereocenters. The molecular formula is C3H6N3NaO2S. The normalized spacial score (nSPS) is 10.5. The van der Waals surface area contributed by atoms with Gasteiger partial charge in [-0.15, -0.1) is 0 Å². The van der Waals surface area contributed by atoms with E-state index in [1.54, 1.807) is 0 Å². The number of aromatic nitrogens is 2. The number of nitrogens with two attached hydrogens (primary N) is 1. The first-order valence-corrected chi connectivity index (χ1v) is 3.68. The Labute approximate surface area is 80.3 Å². The third kappa shape index (κ3) is 2.39. The predicted molar refractivity (Wildman–Crippen MR) is 37.1 cm³/mol. The summed E-state index contributed by atoms with van der Waals surface area (Å²) in [6.45, 7) is 0. The van der Waals surface area contributed by atoms with Crippen molar-refractivity contribution < 1.29 is 8.42 Å². The number of hydrogen-bond donors (Lipinski definition) is 2. The fourth-order valence-corrected chi connectivity index (χ4v) is 0.843. The molecule has 1 aromatic rings. The molecule has 0 spiro atoms. The van der Waals surface area contributed by atoms with Gasteiger partial charge in [-0.2, -0.15) is 5.10 Å². The van der Waals surface area contributed by atoms with Crippen molar-refractivity contribution in [3.8, 4) is 0 Å². The number of hydrogen-bond acceptors (Lipinski definition) is 3. The molecule has 5 nitrogen and oxygen atoms in total. The number of primary sulfonamides is 1. The fourth-order valence-electron chi connectivity index (χ4n) is 0.405. The maximum atomic E-state index is 10.4. The van der Waals surface area contributed by atoms with E-state index in [4.69, 9.17) is 5.14 Å². The van der Waals surface area contributed by atoms with Crippen LogP contribution in [0.3, 0.4) is 0 Å². The molecule has 0 bridgehead atoms. The molecule has 0 saturated heterocycles. The third-order valence-electron chi connectivity index (χ3n) is 0.767. The predicted octanol–water partition coefficient (Wildman–Crippen LogP) is -1.59. The summed E-state index contributed by atoms with van der Waals surface area (Å²) in [6, 6.07) is 1.29. The van der Waals surface area contributed by atoms with Crippen LogP contribution in [0.2, 0.25) is 0 Å². The first-order valence-electron chi connectivity index (χ1n) is 2.13. The van der Waals surface area contributed by atoms with Gasteiger partial charge in [-0.25, -0.2) is 13.6 Å². The van der Waals surface area contributed by atoms with Gasteiger partial charge in [0.05, 0.1) is 0 Å². The molecule has 0 aromatic carbocycles. The molecule has 7 heteroatoms. The van der Waals surface area contributed by atoms with E-state index in [0.29, 0.717) is 0 Å². The van der Waals surface area contributed by atoms with Gasteiger partial charge >= 0.3 is 29.6 Å². The van der Waals surface area contributed by atoms with E-state index in [1.165, 1.54) is 12.3 Å². The van der Waals surface area contributed by atoms with E-state index in [-0.39, 0.29) is 34.6 Å². The third-order valence-corrected chi connectivity index (χ3v) is 1.58. The molecule has 0 radical (unpaired) electrons. The minimum absolute atomic E-state index is 0. The van der Waals surface area contributed by atoms with Crippen molar-refractivity contribution in [2.24, 2.45) is 5.14 Å². The summed E-state index contributed by atoms with van der Waals surface area (Å²) in [7, 11) is -3.60. The van der Waals surface area contributed by atoms with Crippen LogP contribution in [0.4, 0.5) is 0 Å². The van der Waals surface area contributed by atoms with E-state index in [0.717, 1.165) is 0 Å². The summed E-state index contributed by atoms with van der Waals surface area (Å²) >= 11 is 0. The van der Waals surface area contributed by atoms with Crippen LogP contribution in [0, 0.1) is 0 Å². The van der Waals surface area contributed by atoms with Crippen LogP contribution in [0.1, 0.15) is 0 Å². The Morgan fingerprint density at radius 1 is 1.60 bits per heavy atom. The molecule has 52 valence electrons. The Balaban J connectivity index is 0.000000810. The van der Waals surface area contributed by atoms with E-state index < -0.39 is 10.0 Å². The van der Waals surface area contributed by atoms with E-state index in [9.17, 15) is 8.42 Å². The zero-order chi connectivity index (χ0) is 6.91. The second-order valence-corrected chi connectivity index (χ2v) is 2.97. The van der Waals surface area contributed by atoms with Gasteiger partial charge in [0.2, 0.25) is 0 Å². The molecular weight excluding hydrogens is 165 g/mol. The molecule has 0 atom stereocenters. The summed E-state index contributed by atoms with van der Waals surface area (Å²) in [5, 5.41) is 10.2. The zero-order valence-corrected chi connectivity index (χ0v) is 5.22. The van der Waals surface area contributed by atoms with Crippen molar-refractivity contribution in [3.63, 3.8) is 0 Å². The topological polar surface area (TPSA) is 88.8 Å². The number of H-pyrrole nitrogens is 1. The first-order chi connectivity index (χ1) is 4.11. The van der Waals surface area contributed by atoms with Crippen LogP contribution in [0.5, 0.6) is 0 Å². The maximum absolute atomic E-state index is 10.4. The Morgan fingerprint density at radius 3 is 2.40 bits per heavy atom. The van der Waals surface area contributed by atoms with Crippen LogP contribution in [-0.4, -0.2) is 48.2 Å². The zero-order valence-electron chi connectivity index (χ0n) is 4.40. The summed E-state index contributed by atoms with van der Waals surface area (Å²) in [4.78, 5) is 0. The standard InChI is InChI=1S/C3H5N3O2S.Na.H/c4-9(7,8)3-1-2-5-6-3;;/h1-2H,(H,5,6)(H2,4,7,8);;. The van der Waals surface area contributed by atoms with Gasteiger partial charge in [0.25, 0.3) is 10.0 Å². The monoisotopic (exact) mass is 171 g/mol. The summed E-state index contributed by atoms with van der Waals surface area (Å²) in [6.07, 6.45) is 1.39. The number of nitrogens with zero attached hydrogens (tertiary/aromatic N) is 1. The molecule has 0 aliphatic carbocycles. The van der Waals surface area contributed by atoms with Gasteiger partial charge in [0.15, 0.2) is 5.03 Å². The Morgan fingerprint density at radius 2 is 2.20 bits per heavy atom. The molecule has 1 heterocycles. The van der Waals surface area contributed by atoms with Crippen molar-refractivity contribution in [1.82, 2.24) is 10.2 Å². The SMILES string of the molecule is NS(=O)(=O)c1cc[nH]n1.[NaH]. The average Bonchev–Trinajstić information content (AvgIpc) is 2.08. The van der Waals surface area contributed by atoms with Gasteiger partial charge in [-0.1, -0.05) is 0 Å². The Hall–Kier alpha value is 0.120. The van der Waals surface area contributed by atoms with Crippen molar-refractivity contribution in [1.29, 1.82) is 0 Å². The number of rotatable bonds is 1. The van der Waals surface area contributed by atoms with Crippen LogP contribution in [-0.2, 0) is 10.0 Å². The van der Waals surface area contributed by atoms with Crippen molar-refractivity contribution >= 4 is 39.6 Å². The molecule has 0 amide bonds. The summed E-state index contributed by atoms with van der Waals surface area (Å²) < 4.78 is 20.8. The Kier molecular flexibility index (Phi) is 3.54. The average molecular weight is 171 g/mol. The molecule has 1 aromatic heterocycles. The molecule has 0 saturated carbocycles. The van der Waals surface area contributed by atoms with Crippen LogP contribution >= 0.6 is 0 Å². The van der Waals surface area contributed by atoms with Gasteiger partial charge in [-0.3, -0.25) is 5.10 Å². The van der Waals surface area contributed by atoms with Gasteiger partial charge < -0.3 is 0 Å². The van der Waals surface area contributed by atoms with Crippen LogP contribution < -0.4 is 5.14 Å². The summed E-state index contributed by atoms with van der Waals surface area (Å²) in [5.74, 6) is 0.